The summed E-state index contributed by atoms with van der Waals surface area (Å²) in [4.78, 5) is 32.0. The van der Waals surface area contributed by atoms with Gasteiger partial charge in [0.05, 0.1) is 11.4 Å². The summed E-state index contributed by atoms with van der Waals surface area (Å²) in [5.74, 6) is 0.0487. The van der Waals surface area contributed by atoms with Crippen molar-refractivity contribution >= 4 is 23.2 Å². The van der Waals surface area contributed by atoms with Gasteiger partial charge in [-0.2, -0.15) is 0 Å². The van der Waals surface area contributed by atoms with Gasteiger partial charge in [0, 0.05) is 45.1 Å². The molecule has 3 aliphatic rings. The predicted octanol–water partition coefficient (Wildman–Crippen LogP) is 2.77. The zero-order valence-corrected chi connectivity index (χ0v) is 17.4. The molecule has 0 spiro atoms. The van der Waals surface area contributed by atoms with Gasteiger partial charge in [0.2, 0.25) is 11.8 Å². The Bertz CT molecular complexity index is 715. The molecule has 1 aromatic rings. The zero-order valence-electron chi connectivity index (χ0n) is 17.4. The molecule has 1 aromatic carbocycles. The first-order valence-corrected chi connectivity index (χ1v) is 11.4. The molecule has 1 atom stereocenters. The number of carbonyl (C=O) groups excluding carboxylic acids is 2. The summed E-state index contributed by atoms with van der Waals surface area (Å²) < 4.78 is 0. The SMILES string of the molecule is O=C(CCC(=O)N1CC2CCCN2c2ccccc21)NCCN1CCCCCC1. The second kappa shape index (κ2) is 9.61. The number of likely N-dealkylation sites (tertiary alicyclic amines) is 1. The van der Waals surface area contributed by atoms with Crippen LogP contribution < -0.4 is 15.1 Å². The van der Waals surface area contributed by atoms with Crippen molar-refractivity contribution in [3.05, 3.63) is 24.3 Å². The number of benzene rings is 1. The Morgan fingerprint density at radius 3 is 2.48 bits per heavy atom. The van der Waals surface area contributed by atoms with E-state index < -0.39 is 0 Å². The Kier molecular flexibility index (Phi) is 6.70. The molecule has 1 unspecified atom stereocenters. The van der Waals surface area contributed by atoms with Crippen LogP contribution in [0.5, 0.6) is 0 Å². The van der Waals surface area contributed by atoms with Gasteiger partial charge in [-0.05, 0) is 50.9 Å². The van der Waals surface area contributed by atoms with E-state index in [-0.39, 0.29) is 24.7 Å². The standard InChI is InChI=1S/C23H34N4O2/c28-22(24-13-17-25-14-5-1-2-6-15-25)11-12-23(29)27-18-19-8-7-16-26(19)20-9-3-4-10-21(20)27/h3-4,9-10,19H,1-2,5-8,11-18H2,(H,24,28). The smallest absolute Gasteiger partial charge is 0.227 e. The van der Waals surface area contributed by atoms with Crippen molar-refractivity contribution in [2.75, 3.05) is 49.1 Å². The average Bonchev–Trinajstić information content (AvgIpc) is 3.07. The molecule has 158 valence electrons. The maximum absolute atomic E-state index is 12.9. The summed E-state index contributed by atoms with van der Waals surface area (Å²) in [6.45, 7) is 5.69. The molecule has 0 aliphatic carbocycles. The molecule has 1 N–H and O–H groups in total. The number of nitrogens with zero attached hydrogens (tertiary/aromatic N) is 3. The number of anilines is 2. The minimum absolute atomic E-state index is 0.0130. The van der Waals surface area contributed by atoms with Crippen LogP contribution in [0.3, 0.4) is 0 Å². The Morgan fingerprint density at radius 1 is 0.931 bits per heavy atom. The first-order chi connectivity index (χ1) is 14.2. The highest BCUT2D eigenvalue weighted by molar-refractivity contribution is 5.99. The van der Waals surface area contributed by atoms with Crippen LogP contribution in [0.2, 0.25) is 0 Å². The lowest BCUT2D eigenvalue weighted by Gasteiger charge is -2.40. The summed E-state index contributed by atoms with van der Waals surface area (Å²) >= 11 is 0. The van der Waals surface area contributed by atoms with Gasteiger partial charge >= 0.3 is 0 Å². The van der Waals surface area contributed by atoms with Gasteiger partial charge in [-0.25, -0.2) is 0 Å². The van der Waals surface area contributed by atoms with E-state index in [1.807, 2.05) is 23.1 Å². The number of fused-ring (bicyclic) bond motifs is 3. The van der Waals surface area contributed by atoms with E-state index >= 15 is 0 Å². The van der Waals surface area contributed by atoms with Gasteiger partial charge in [-0.1, -0.05) is 25.0 Å². The number of rotatable bonds is 6. The van der Waals surface area contributed by atoms with Crippen LogP contribution in [0.1, 0.15) is 51.4 Å². The highest BCUT2D eigenvalue weighted by Gasteiger charge is 2.35. The van der Waals surface area contributed by atoms with Crippen molar-refractivity contribution in [1.82, 2.24) is 10.2 Å². The van der Waals surface area contributed by atoms with E-state index in [2.05, 4.69) is 21.2 Å². The second-order valence-corrected chi connectivity index (χ2v) is 8.59. The van der Waals surface area contributed by atoms with Crippen molar-refractivity contribution in [3.63, 3.8) is 0 Å². The minimum atomic E-state index is -0.0130. The van der Waals surface area contributed by atoms with Crippen molar-refractivity contribution < 1.29 is 9.59 Å². The van der Waals surface area contributed by atoms with Crippen molar-refractivity contribution in [1.29, 1.82) is 0 Å². The lowest BCUT2D eigenvalue weighted by molar-refractivity contribution is -0.125. The van der Waals surface area contributed by atoms with Crippen LogP contribution in [0.25, 0.3) is 0 Å². The highest BCUT2D eigenvalue weighted by atomic mass is 16.2. The van der Waals surface area contributed by atoms with Gasteiger partial charge in [0.25, 0.3) is 0 Å². The number of hydrogen-bond donors (Lipinski definition) is 1. The molecular weight excluding hydrogens is 364 g/mol. The Labute approximate surface area is 174 Å². The number of amides is 2. The van der Waals surface area contributed by atoms with Crippen molar-refractivity contribution in [2.45, 2.75) is 57.4 Å². The fourth-order valence-electron chi connectivity index (χ4n) is 4.98. The van der Waals surface area contributed by atoms with Gasteiger partial charge in [-0.3, -0.25) is 9.59 Å². The third-order valence-corrected chi connectivity index (χ3v) is 6.57. The molecular formula is C23H34N4O2. The third-order valence-electron chi connectivity index (χ3n) is 6.57. The highest BCUT2D eigenvalue weighted by Crippen LogP contribution is 2.39. The Hall–Kier alpha value is -2.08. The number of nitrogens with one attached hydrogen (secondary N) is 1. The van der Waals surface area contributed by atoms with Crippen LogP contribution in [0, 0.1) is 0 Å². The molecule has 6 heteroatoms. The lowest BCUT2D eigenvalue weighted by atomic mass is 10.1. The molecule has 0 radical (unpaired) electrons. The van der Waals surface area contributed by atoms with E-state index in [1.165, 1.54) is 32.1 Å². The van der Waals surface area contributed by atoms with Gasteiger partial charge in [0.1, 0.15) is 0 Å². The average molecular weight is 399 g/mol. The fraction of sp³-hybridized carbons (Fsp3) is 0.652. The topological polar surface area (TPSA) is 55.9 Å². The lowest BCUT2D eigenvalue weighted by Crippen LogP contribution is -2.48. The maximum Gasteiger partial charge on any atom is 0.227 e. The van der Waals surface area contributed by atoms with Gasteiger partial charge < -0.3 is 20.0 Å². The molecule has 2 saturated heterocycles. The number of para-hydroxylation sites is 2. The third kappa shape index (κ3) is 4.92. The first kappa shape index (κ1) is 20.2. The maximum atomic E-state index is 12.9. The Balaban J connectivity index is 1.25. The summed E-state index contributed by atoms with van der Waals surface area (Å²) in [6, 6.07) is 8.59. The molecule has 2 amide bonds. The van der Waals surface area contributed by atoms with Gasteiger partial charge in [-0.15, -0.1) is 0 Å². The summed E-state index contributed by atoms with van der Waals surface area (Å²) in [7, 11) is 0. The van der Waals surface area contributed by atoms with E-state index in [1.54, 1.807) is 0 Å². The monoisotopic (exact) mass is 398 g/mol. The fourth-order valence-corrected chi connectivity index (χ4v) is 4.98. The quantitative estimate of drug-likeness (QED) is 0.801. The molecule has 0 aromatic heterocycles. The minimum Gasteiger partial charge on any atom is -0.365 e. The first-order valence-electron chi connectivity index (χ1n) is 11.4. The van der Waals surface area contributed by atoms with Crippen LogP contribution in [0.4, 0.5) is 11.4 Å². The number of carbonyl (C=O) groups is 2. The molecule has 6 nitrogen and oxygen atoms in total. The molecule has 0 saturated carbocycles. The molecule has 4 rings (SSSR count). The van der Waals surface area contributed by atoms with E-state index in [0.29, 0.717) is 12.6 Å². The second-order valence-electron chi connectivity index (χ2n) is 8.59. The normalized spacial score (nSPS) is 22.0. The van der Waals surface area contributed by atoms with Crippen LogP contribution >= 0.6 is 0 Å². The zero-order chi connectivity index (χ0) is 20.1. The van der Waals surface area contributed by atoms with E-state index in [9.17, 15) is 9.59 Å². The van der Waals surface area contributed by atoms with Crippen molar-refractivity contribution in [2.24, 2.45) is 0 Å². The molecule has 0 bridgehead atoms. The summed E-state index contributed by atoms with van der Waals surface area (Å²) in [5.41, 5.74) is 2.16. The van der Waals surface area contributed by atoms with Crippen LogP contribution in [0.15, 0.2) is 24.3 Å². The molecule has 2 fully saturated rings. The molecule has 29 heavy (non-hydrogen) atoms. The summed E-state index contributed by atoms with van der Waals surface area (Å²) in [5, 5.41) is 3.01. The predicted molar refractivity (Wildman–Crippen MR) is 116 cm³/mol. The van der Waals surface area contributed by atoms with Crippen LogP contribution in [-0.4, -0.2) is 62.0 Å². The largest absolute Gasteiger partial charge is 0.365 e. The van der Waals surface area contributed by atoms with Crippen LogP contribution in [-0.2, 0) is 9.59 Å². The van der Waals surface area contributed by atoms with Crippen molar-refractivity contribution in [3.8, 4) is 0 Å². The molecule has 3 aliphatic heterocycles. The molecule has 3 heterocycles. The van der Waals surface area contributed by atoms with E-state index in [0.717, 1.165) is 50.5 Å². The van der Waals surface area contributed by atoms with Gasteiger partial charge in [0.15, 0.2) is 0 Å². The summed E-state index contributed by atoms with van der Waals surface area (Å²) in [6.07, 6.45) is 8.03. The van der Waals surface area contributed by atoms with E-state index in [4.69, 9.17) is 0 Å². The number of hydrogen-bond acceptors (Lipinski definition) is 4. The Morgan fingerprint density at radius 2 is 1.69 bits per heavy atom.